The van der Waals surface area contributed by atoms with Crippen LogP contribution in [0.2, 0.25) is 0 Å². The maximum atomic E-state index is 12.4. The number of Topliss-reactive ketones (excluding diaryl/α,β-unsaturated/α-hetero) is 1. The standard InChI is InChI=1S/C12H23NO2/c1-5-12(2,13(3)4)11(14)10-6-8-15-9-7-10/h10H,5-9H2,1-4H3. The lowest BCUT2D eigenvalue weighted by Gasteiger charge is -2.37. The fourth-order valence-electron chi connectivity index (χ4n) is 2.11. The molecule has 0 aromatic rings. The Kier molecular flexibility index (Phi) is 4.29. The molecule has 0 aromatic heterocycles. The molecule has 1 aliphatic heterocycles. The third kappa shape index (κ3) is 2.58. The van der Waals surface area contributed by atoms with Crippen molar-refractivity contribution in [3.05, 3.63) is 0 Å². The minimum absolute atomic E-state index is 0.200. The van der Waals surface area contributed by atoms with Gasteiger partial charge in [0.15, 0.2) is 5.78 Å². The van der Waals surface area contributed by atoms with Gasteiger partial charge >= 0.3 is 0 Å². The summed E-state index contributed by atoms with van der Waals surface area (Å²) in [5.41, 5.74) is -0.304. The van der Waals surface area contributed by atoms with Crippen LogP contribution in [0.5, 0.6) is 0 Å². The molecule has 1 heterocycles. The van der Waals surface area contributed by atoms with E-state index in [4.69, 9.17) is 4.74 Å². The normalized spacial score (nSPS) is 22.7. The summed E-state index contributed by atoms with van der Waals surface area (Å²) in [5, 5.41) is 0. The first-order valence-electron chi connectivity index (χ1n) is 5.82. The average Bonchev–Trinajstić information content (AvgIpc) is 2.28. The van der Waals surface area contributed by atoms with E-state index in [-0.39, 0.29) is 11.5 Å². The number of hydrogen-bond donors (Lipinski definition) is 0. The van der Waals surface area contributed by atoms with Gasteiger partial charge in [0.1, 0.15) is 0 Å². The second-order valence-corrected chi connectivity index (χ2v) is 4.77. The summed E-state index contributed by atoms with van der Waals surface area (Å²) in [4.78, 5) is 14.4. The van der Waals surface area contributed by atoms with Crippen LogP contribution in [0.3, 0.4) is 0 Å². The lowest BCUT2D eigenvalue weighted by atomic mass is 9.81. The quantitative estimate of drug-likeness (QED) is 0.712. The third-order valence-electron chi connectivity index (χ3n) is 3.80. The Morgan fingerprint density at radius 2 is 1.93 bits per heavy atom. The van der Waals surface area contributed by atoms with Crippen LogP contribution in [0, 0.1) is 5.92 Å². The minimum Gasteiger partial charge on any atom is -0.381 e. The van der Waals surface area contributed by atoms with Crippen LogP contribution in [-0.2, 0) is 9.53 Å². The summed E-state index contributed by atoms with van der Waals surface area (Å²) in [5.74, 6) is 0.587. The van der Waals surface area contributed by atoms with E-state index < -0.39 is 0 Å². The number of nitrogens with zero attached hydrogens (tertiary/aromatic N) is 1. The number of carbonyl (C=O) groups is 1. The van der Waals surface area contributed by atoms with Crippen molar-refractivity contribution in [2.75, 3.05) is 27.3 Å². The van der Waals surface area contributed by atoms with E-state index in [1.807, 2.05) is 25.9 Å². The molecule has 3 heteroatoms. The SMILES string of the molecule is CCC(C)(C(=O)C1CCOCC1)N(C)C. The number of likely N-dealkylation sites (N-methyl/N-ethyl adjacent to an activating group) is 1. The van der Waals surface area contributed by atoms with Crippen molar-refractivity contribution in [1.29, 1.82) is 0 Å². The molecule has 15 heavy (non-hydrogen) atoms. The fourth-order valence-corrected chi connectivity index (χ4v) is 2.11. The molecule has 0 saturated carbocycles. The zero-order valence-corrected chi connectivity index (χ0v) is 10.4. The molecule has 0 aliphatic carbocycles. The Labute approximate surface area is 92.8 Å². The van der Waals surface area contributed by atoms with E-state index in [0.29, 0.717) is 5.78 Å². The molecule has 0 bridgehead atoms. The molecular formula is C12H23NO2. The van der Waals surface area contributed by atoms with Gasteiger partial charge in [-0.2, -0.15) is 0 Å². The molecule has 1 unspecified atom stereocenters. The van der Waals surface area contributed by atoms with Crippen LogP contribution >= 0.6 is 0 Å². The van der Waals surface area contributed by atoms with Gasteiger partial charge in [0.05, 0.1) is 5.54 Å². The van der Waals surface area contributed by atoms with Crippen molar-refractivity contribution in [3.63, 3.8) is 0 Å². The summed E-state index contributed by atoms with van der Waals surface area (Å²) >= 11 is 0. The number of ether oxygens (including phenoxy) is 1. The molecular weight excluding hydrogens is 190 g/mol. The highest BCUT2D eigenvalue weighted by atomic mass is 16.5. The summed E-state index contributed by atoms with van der Waals surface area (Å²) in [6.07, 6.45) is 2.65. The monoisotopic (exact) mass is 213 g/mol. The van der Waals surface area contributed by atoms with Gasteiger partial charge < -0.3 is 4.74 Å². The zero-order valence-electron chi connectivity index (χ0n) is 10.4. The molecule has 1 rings (SSSR count). The largest absolute Gasteiger partial charge is 0.381 e. The van der Waals surface area contributed by atoms with Gasteiger partial charge in [0, 0.05) is 19.1 Å². The van der Waals surface area contributed by atoms with Crippen molar-refractivity contribution in [2.45, 2.75) is 38.6 Å². The molecule has 0 N–H and O–H groups in total. The van der Waals surface area contributed by atoms with E-state index in [0.717, 1.165) is 32.5 Å². The third-order valence-corrected chi connectivity index (χ3v) is 3.80. The van der Waals surface area contributed by atoms with Crippen LogP contribution in [-0.4, -0.2) is 43.5 Å². The topological polar surface area (TPSA) is 29.5 Å². The summed E-state index contributed by atoms with van der Waals surface area (Å²) < 4.78 is 5.29. The molecule has 0 aromatic carbocycles. The molecule has 1 atom stereocenters. The Balaban J connectivity index is 2.71. The number of ketones is 1. The fraction of sp³-hybridized carbons (Fsp3) is 0.917. The molecule has 0 radical (unpaired) electrons. The summed E-state index contributed by atoms with van der Waals surface area (Å²) in [6, 6.07) is 0. The Hall–Kier alpha value is -0.410. The second-order valence-electron chi connectivity index (χ2n) is 4.77. The van der Waals surface area contributed by atoms with Crippen LogP contribution in [0.1, 0.15) is 33.1 Å². The molecule has 88 valence electrons. The number of hydrogen-bond acceptors (Lipinski definition) is 3. The minimum atomic E-state index is -0.304. The summed E-state index contributed by atoms with van der Waals surface area (Å²) in [6.45, 7) is 5.61. The predicted octanol–water partition coefficient (Wildman–Crippen LogP) is 1.71. The van der Waals surface area contributed by atoms with Crippen molar-refractivity contribution < 1.29 is 9.53 Å². The summed E-state index contributed by atoms with van der Waals surface area (Å²) in [7, 11) is 3.97. The number of rotatable bonds is 4. The van der Waals surface area contributed by atoms with Crippen molar-refractivity contribution in [2.24, 2.45) is 5.92 Å². The first-order valence-corrected chi connectivity index (χ1v) is 5.82. The number of carbonyl (C=O) groups excluding carboxylic acids is 1. The second kappa shape index (κ2) is 5.08. The first-order chi connectivity index (χ1) is 7.02. The smallest absolute Gasteiger partial charge is 0.156 e. The van der Waals surface area contributed by atoms with Crippen LogP contribution < -0.4 is 0 Å². The maximum absolute atomic E-state index is 12.4. The van der Waals surface area contributed by atoms with Crippen LogP contribution in [0.4, 0.5) is 0 Å². The highest BCUT2D eigenvalue weighted by Gasteiger charge is 2.38. The molecule has 3 nitrogen and oxygen atoms in total. The average molecular weight is 213 g/mol. The lowest BCUT2D eigenvalue weighted by molar-refractivity contribution is -0.136. The van der Waals surface area contributed by atoms with Gasteiger partial charge in [-0.05, 0) is 40.3 Å². The first kappa shape index (κ1) is 12.7. The van der Waals surface area contributed by atoms with Gasteiger partial charge in [0.2, 0.25) is 0 Å². The maximum Gasteiger partial charge on any atom is 0.156 e. The molecule has 1 fully saturated rings. The van der Waals surface area contributed by atoms with Crippen LogP contribution in [0.15, 0.2) is 0 Å². The van der Waals surface area contributed by atoms with Gasteiger partial charge in [0.25, 0.3) is 0 Å². The van der Waals surface area contributed by atoms with Gasteiger partial charge in [-0.15, -0.1) is 0 Å². The van der Waals surface area contributed by atoms with Crippen molar-refractivity contribution in [3.8, 4) is 0 Å². The predicted molar refractivity (Wildman–Crippen MR) is 60.9 cm³/mol. The lowest BCUT2D eigenvalue weighted by Crippen LogP contribution is -2.51. The van der Waals surface area contributed by atoms with E-state index in [1.54, 1.807) is 0 Å². The van der Waals surface area contributed by atoms with E-state index in [2.05, 4.69) is 6.92 Å². The van der Waals surface area contributed by atoms with E-state index in [9.17, 15) is 4.79 Å². The van der Waals surface area contributed by atoms with Gasteiger partial charge in [-0.25, -0.2) is 0 Å². The Morgan fingerprint density at radius 1 is 1.40 bits per heavy atom. The van der Waals surface area contributed by atoms with Crippen molar-refractivity contribution in [1.82, 2.24) is 4.90 Å². The molecule has 1 aliphatic rings. The van der Waals surface area contributed by atoms with E-state index >= 15 is 0 Å². The highest BCUT2D eigenvalue weighted by molar-refractivity contribution is 5.90. The molecule has 0 spiro atoms. The molecule has 1 saturated heterocycles. The van der Waals surface area contributed by atoms with Gasteiger partial charge in [-0.3, -0.25) is 9.69 Å². The highest BCUT2D eigenvalue weighted by Crippen LogP contribution is 2.27. The van der Waals surface area contributed by atoms with Crippen LogP contribution in [0.25, 0.3) is 0 Å². The van der Waals surface area contributed by atoms with E-state index in [1.165, 1.54) is 0 Å². The van der Waals surface area contributed by atoms with Crippen molar-refractivity contribution >= 4 is 5.78 Å². The molecule has 0 amide bonds. The Morgan fingerprint density at radius 3 is 2.33 bits per heavy atom. The van der Waals surface area contributed by atoms with Gasteiger partial charge in [-0.1, -0.05) is 6.92 Å². The zero-order chi connectivity index (χ0) is 11.5. The Bertz CT molecular complexity index is 222.